The number of hydrogen-bond acceptors (Lipinski definition) is 2. The Morgan fingerprint density at radius 2 is 1.58 bits per heavy atom. The van der Waals surface area contributed by atoms with Crippen molar-refractivity contribution in [3.63, 3.8) is 0 Å². The lowest BCUT2D eigenvalue weighted by Crippen LogP contribution is -2.55. The Bertz CT molecular complexity index is 371. The summed E-state index contributed by atoms with van der Waals surface area (Å²) in [5, 5.41) is 0. The molecule has 0 bridgehead atoms. The Morgan fingerprint density at radius 1 is 1.00 bits per heavy atom. The largest absolute Gasteiger partial charge is 0.328 e. The Balaban J connectivity index is 0.000000902. The van der Waals surface area contributed by atoms with Crippen molar-refractivity contribution < 1.29 is 0 Å². The van der Waals surface area contributed by atoms with Crippen molar-refractivity contribution in [1.29, 1.82) is 0 Å². The smallest absolute Gasteiger partial charge is 0.0461 e. The van der Waals surface area contributed by atoms with E-state index < -0.39 is 0 Å². The van der Waals surface area contributed by atoms with Gasteiger partial charge in [0.05, 0.1) is 0 Å². The number of halogens is 2. The first-order valence-electron chi connectivity index (χ1n) is 6.87. The van der Waals surface area contributed by atoms with Crippen LogP contribution in [-0.2, 0) is 5.54 Å². The standard InChI is InChI=1S/C15H22N2.2ClH/c16-14-7-9-15(10-8-14,17-11-4-12-17)13-5-2-1-3-6-13;;/h1-3,5-6,14H,4,7-12,16H2;2*1H. The fourth-order valence-electron chi connectivity index (χ4n) is 3.40. The zero-order valence-corrected chi connectivity index (χ0v) is 12.9. The molecule has 0 spiro atoms. The van der Waals surface area contributed by atoms with Crippen molar-refractivity contribution in [3.05, 3.63) is 35.9 Å². The molecule has 0 atom stereocenters. The minimum absolute atomic E-state index is 0. The van der Waals surface area contributed by atoms with E-state index in [-0.39, 0.29) is 24.8 Å². The van der Waals surface area contributed by atoms with Crippen LogP contribution in [0.4, 0.5) is 0 Å². The summed E-state index contributed by atoms with van der Waals surface area (Å²) in [7, 11) is 0. The lowest BCUT2D eigenvalue weighted by Gasteiger charge is -2.52. The molecule has 1 aliphatic carbocycles. The van der Waals surface area contributed by atoms with E-state index in [1.807, 2.05) is 0 Å². The van der Waals surface area contributed by atoms with E-state index >= 15 is 0 Å². The van der Waals surface area contributed by atoms with Crippen LogP contribution in [0.2, 0.25) is 0 Å². The number of likely N-dealkylation sites (tertiary alicyclic amines) is 1. The van der Waals surface area contributed by atoms with E-state index in [9.17, 15) is 0 Å². The Morgan fingerprint density at radius 3 is 2.05 bits per heavy atom. The van der Waals surface area contributed by atoms with Crippen LogP contribution in [0.25, 0.3) is 0 Å². The normalized spacial score (nSPS) is 30.7. The Labute approximate surface area is 128 Å². The van der Waals surface area contributed by atoms with E-state index in [0.29, 0.717) is 11.6 Å². The average Bonchev–Trinajstić information content (AvgIpc) is 2.31. The fraction of sp³-hybridized carbons (Fsp3) is 0.600. The Hall–Kier alpha value is -0.280. The predicted molar refractivity (Wildman–Crippen MR) is 85.2 cm³/mol. The maximum absolute atomic E-state index is 6.08. The van der Waals surface area contributed by atoms with Gasteiger partial charge in [0, 0.05) is 24.7 Å². The summed E-state index contributed by atoms with van der Waals surface area (Å²) in [5.74, 6) is 0. The molecule has 108 valence electrons. The summed E-state index contributed by atoms with van der Waals surface area (Å²) in [6.45, 7) is 2.54. The highest BCUT2D eigenvalue weighted by molar-refractivity contribution is 5.85. The highest BCUT2D eigenvalue weighted by Crippen LogP contribution is 2.44. The second-order valence-corrected chi connectivity index (χ2v) is 5.58. The van der Waals surface area contributed by atoms with Crippen molar-refractivity contribution in [2.24, 2.45) is 5.73 Å². The number of hydrogen-bond donors (Lipinski definition) is 1. The lowest BCUT2D eigenvalue weighted by molar-refractivity contribution is -0.00606. The van der Waals surface area contributed by atoms with Crippen LogP contribution in [0.1, 0.15) is 37.7 Å². The Kier molecular flexibility index (Phi) is 6.13. The molecule has 0 amide bonds. The summed E-state index contributed by atoms with van der Waals surface area (Å²) in [6, 6.07) is 11.5. The molecule has 0 unspecified atom stereocenters. The summed E-state index contributed by atoms with van der Waals surface area (Å²) in [5.41, 5.74) is 7.88. The van der Waals surface area contributed by atoms with E-state index in [4.69, 9.17) is 5.73 Å². The summed E-state index contributed by atoms with van der Waals surface area (Å²) >= 11 is 0. The molecule has 1 aliphatic heterocycles. The molecule has 2 nitrogen and oxygen atoms in total. The highest BCUT2D eigenvalue weighted by Gasteiger charge is 2.42. The summed E-state index contributed by atoms with van der Waals surface area (Å²) < 4.78 is 0. The van der Waals surface area contributed by atoms with Gasteiger partial charge in [-0.25, -0.2) is 0 Å². The zero-order valence-electron chi connectivity index (χ0n) is 11.3. The van der Waals surface area contributed by atoms with Crippen LogP contribution in [0.3, 0.4) is 0 Å². The van der Waals surface area contributed by atoms with Crippen LogP contribution in [0.15, 0.2) is 30.3 Å². The third-order valence-electron chi connectivity index (χ3n) is 4.63. The molecule has 0 radical (unpaired) electrons. The van der Waals surface area contributed by atoms with Gasteiger partial charge in [0.1, 0.15) is 0 Å². The van der Waals surface area contributed by atoms with E-state index in [1.165, 1.54) is 50.8 Å². The lowest BCUT2D eigenvalue weighted by atomic mass is 9.72. The molecule has 4 heteroatoms. The van der Waals surface area contributed by atoms with Gasteiger partial charge in [0.15, 0.2) is 0 Å². The van der Waals surface area contributed by atoms with Crippen molar-refractivity contribution in [3.8, 4) is 0 Å². The first kappa shape index (κ1) is 16.8. The number of nitrogens with zero attached hydrogens (tertiary/aromatic N) is 1. The maximum atomic E-state index is 6.08. The van der Waals surface area contributed by atoms with Gasteiger partial charge in [-0.05, 0) is 37.7 Å². The third kappa shape index (κ3) is 3.08. The molecule has 1 saturated carbocycles. The van der Waals surface area contributed by atoms with Crippen LogP contribution in [0.5, 0.6) is 0 Å². The third-order valence-corrected chi connectivity index (χ3v) is 4.63. The van der Waals surface area contributed by atoms with Crippen molar-refractivity contribution >= 4 is 24.8 Å². The van der Waals surface area contributed by atoms with Gasteiger partial charge in [-0.2, -0.15) is 0 Å². The molecule has 19 heavy (non-hydrogen) atoms. The first-order valence-corrected chi connectivity index (χ1v) is 6.87. The van der Waals surface area contributed by atoms with Crippen LogP contribution >= 0.6 is 24.8 Å². The SMILES string of the molecule is Cl.Cl.NC1CCC(c2ccccc2)(N2CCC2)CC1. The van der Waals surface area contributed by atoms with Crippen molar-refractivity contribution in [1.82, 2.24) is 4.90 Å². The highest BCUT2D eigenvalue weighted by atomic mass is 35.5. The second-order valence-electron chi connectivity index (χ2n) is 5.58. The van der Waals surface area contributed by atoms with E-state index in [2.05, 4.69) is 35.2 Å². The quantitative estimate of drug-likeness (QED) is 0.908. The zero-order chi connectivity index (χ0) is 11.7. The molecule has 1 heterocycles. The minimum atomic E-state index is 0. The molecular weight excluding hydrogens is 279 g/mol. The summed E-state index contributed by atoms with van der Waals surface area (Å²) in [6.07, 6.45) is 6.17. The number of nitrogens with two attached hydrogens (primary N) is 1. The van der Waals surface area contributed by atoms with Gasteiger partial charge < -0.3 is 5.73 Å². The van der Waals surface area contributed by atoms with Gasteiger partial charge in [-0.1, -0.05) is 30.3 Å². The molecule has 1 aromatic rings. The molecular formula is C15H24Cl2N2. The molecule has 2 N–H and O–H groups in total. The number of benzene rings is 1. The van der Waals surface area contributed by atoms with Gasteiger partial charge in [0.25, 0.3) is 0 Å². The fourth-order valence-corrected chi connectivity index (χ4v) is 3.40. The molecule has 1 aromatic carbocycles. The topological polar surface area (TPSA) is 29.3 Å². The maximum Gasteiger partial charge on any atom is 0.0461 e. The monoisotopic (exact) mass is 302 g/mol. The van der Waals surface area contributed by atoms with Crippen molar-refractivity contribution in [2.45, 2.75) is 43.7 Å². The molecule has 1 saturated heterocycles. The van der Waals surface area contributed by atoms with E-state index in [0.717, 1.165) is 0 Å². The van der Waals surface area contributed by atoms with Crippen molar-refractivity contribution in [2.75, 3.05) is 13.1 Å². The second kappa shape index (κ2) is 6.94. The molecule has 3 rings (SSSR count). The van der Waals surface area contributed by atoms with Gasteiger partial charge >= 0.3 is 0 Å². The average molecular weight is 303 g/mol. The predicted octanol–water partition coefficient (Wildman–Crippen LogP) is 3.33. The van der Waals surface area contributed by atoms with Gasteiger partial charge in [-0.15, -0.1) is 24.8 Å². The minimum Gasteiger partial charge on any atom is -0.328 e. The van der Waals surface area contributed by atoms with Gasteiger partial charge in [0.2, 0.25) is 0 Å². The van der Waals surface area contributed by atoms with E-state index in [1.54, 1.807) is 0 Å². The molecule has 2 fully saturated rings. The van der Waals surface area contributed by atoms with Gasteiger partial charge in [-0.3, -0.25) is 4.90 Å². The summed E-state index contributed by atoms with van der Waals surface area (Å²) in [4.78, 5) is 2.67. The van der Waals surface area contributed by atoms with Crippen LogP contribution in [0, 0.1) is 0 Å². The van der Waals surface area contributed by atoms with Crippen LogP contribution in [-0.4, -0.2) is 24.0 Å². The molecule has 0 aromatic heterocycles. The number of rotatable bonds is 2. The molecule has 2 aliphatic rings. The van der Waals surface area contributed by atoms with Crippen LogP contribution < -0.4 is 5.73 Å². The first-order chi connectivity index (χ1) is 8.31.